The van der Waals surface area contributed by atoms with Crippen LogP contribution in [0, 0.1) is 16.0 Å². The molecule has 0 radical (unpaired) electrons. The Kier molecular flexibility index (Phi) is 6.03. The van der Waals surface area contributed by atoms with Crippen LogP contribution in [0.25, 0.3) is 0 Å². The highest BCUT2D eigenvalue weighted by Crippen LogP contribution is 2.26. The predicted octanol–water partition coefficient (Wildman–Crippen LogP) is 3.22. The summed E-state index contributed by atoms with van der Waals surface area (Å²) in [7, 11) is 0. The first kappa shape index (κ1) is 16.5. The van der Waals surface area contributed by atoms with Crippen LogP contribution in [0.3, 0.4) is 0 Å². The smallest absolute Gasteiger partial charge is 0.270 e. The van der Waals surface area contributed by atoms with E-state index in [4.69, 9.17) is 12.2 Å². The van der Waals surface area contributed by atoms with Gasteiger partial charge in [0, 0.05) is 23.0 Å². The number of thiocarbonyl (C=S) groups is 1. The number of nitrogens with one attached hydrogen (secondary N) is 2. The van der Waals surface area contributed by atoms with Crippen LogP contribution in [-0.2, 0) is 4.79 Å². The highest BCUT2D eigenvalue weighted by Gasteiger charge is 2.11. The number of rotatable bonds is 4. The molecule has 0 aliphatic heterocycles. The van der Waals surface area contributed by atoms with Crippen LogP contribution < -0.4 is 10.6 Å². The van der Waals surface area contributed by atoms with Crippen LogP contribution in [0.15, 0.2) is 22.7 Å². The lowest BCUT2D eigenvalue weighted by molar-refractivity contribution is -0.384. The summed E-state index contributed by atoms with van der Waals surface area (Å²) in [6.45, 7) is 3.87. The topological polar surface area (TPSA) is 84.3 Å². The Labute approximate surface area is 130 Å². The first-order chi connectivity index (χ1) is 9.29. The molecule has 0 atom stereocenters. The molecule has 108 valence electrons. The van der Waals surface area contributed by atoms with E-state index < -0.39 is 4.92 Å². The molecular weight excluding hydrogens is 346 g/mol. The Hall–Kier alpha value is -1.54. The summed E-state index contributed by atoms with van der Waals surface area (Å²) < 4.78 is 0.493. The van der Waals surface area contributed by atoms with Crippen molar-refractivity contribution in [3.8, 4) is 0 Å². The highest BCUT2D eigenvalue weighted by molar-refractivity contribution is 9.10. The van der Waals surface area contributed by atoms with E-state index in [2.05, 4.69) is 26.6 Å². The number of nitro groups is 1. The number of hydrogen-bond acceptors (Lipinski definition) is 4. The zero-order valence-corrected chi connectivity index (χ0v) is 13.4. The second-order valence-electron chi connectivity index (χ2n) is 4.52. The van der Waals surface area contributed by atoms with E-state index >= 15 is 0 Å². The van der Waals surface area contributed by atoms with Crippen molar-refractivity contribution in [2.24, 2.45) is 5.92 Å². The quantitative estimate of drug-likeness (QED) is 0.489. The number of nitrogens with zero attached hydrogens (tertiary/aromatic N) is 1. The average molecular weight is 360 g/mol. The van der Waals surface area contributed by atoms with Gasteiger partial charge in [-0.15, -0.1) is 0 Å². The number of carbonyl (C=O) groups excluding carboxylic acids is 1. The lowest BCUT2D eigenvalue weighted by atomic mass is 10.1. The molecule has 0 unspecified atom stereocenters. The Morgan fingerprint density at radius 2 is 2.15 bits per heavy atom. The predicted molar refractivity (Wildman–Crippen MR) is 84.6 cm³/mol. The Bertz CT molecular complexity index is 549. The molecule has 0 aliphatic carbocycles. The maximum atomic E-state index is 11.5. The lowest BCUT2D eigenvalue weighted by Crippen LogP contribution is -2.34. The molecule has 1 rings (SSSR count). The molecule has 1 aromatic rings. The second kappa shape index (κ2) is 7.30. The first-order valence-corrected chi connectivity index (χ1v) is 7.04. The number of anilines is 1. The molecule has 0 spiro atoms. The van der Waals surface area contributed by atoms with E-state index in [1.54, 1.807) is 0 Å². The zero-order valence-electron chi connectivity index (χ0n) is 11.0. The van der Waals surface area contributed by atoms with E-state index in [0.29, 0.717) is 16.6 Å². The van der Waals surface area contributed by atoms with Gasteiger partial charge in [-0.1, -0.05) is 13.8 Å². The number of hydrogen-bond donors (Lipinski definition) is 2. The largest absolute Gasteiger partial charge is 0.331 e. The van der Waals surface area contributed by atoms with Crippen molar-refractivity contribution >= 4 is 50.5 Å². The Balaban J connectivity index is 2.67. The molecule has 1 aromatic carbocycles. The van der Waals surface area contributed by atoms with Gasteiger partial charge in [-0.3, -0.25) is 14.9 Å². The summed E-state index contributed by atoms with van der Waals surface area (Å²) in [5.41, 5.74) is 0.516. The van der Waals surface area contributed by atoms with Crippen LogP contribution in [0.4, 0.5) is 11.4 Å². The van der Waals surface area contributed by atoms with Crippen LogP contribution in [0.5, 0.6) is 0 Å². The van der Waals surface area contributed by atoms with Gasteiger partial charge in [0.15, 0.2) is 5.11 Å². The fourth-order valence-electron chi connectivity index (χ4n) is 1.42. The van der Waals surface area contributed by atoms with Crippen LogP contribution in [0.2, 0.25) is 0 Å². The van der Waals surface area contributed by atoms with Crippen molar-refractivity contribution in [1.82, 2.24) is 5.32 Å². The summed E-state index contributed by atoms with van der Waals surface area (Å²) in [5.74, 6) is 0.0689. The molecule has 0 aromatic heterocycles. The minimum absolute atomic E-state index is 0.0304. The van der Waals surface area contributed by atoms with E-state index in [1.165, 1.54) is 18.2 Å². The molecule has 20 heavy (non-hydrogen) atoms. The number of carbonyl (C=O) groups is 1. The molecule has 0 bridgehead atoms. The van der Waals surface area contributed by atoms with E-state index in [1.807, 2.05) is 13.8 Å². The molecule has 0 aliphatic rings. The van der Waals surface area contributed by atoms with Gasteiger partial charge in [-0.2, -0.15) is 0 Å². The van der Waals surface area contributed by atoms with Gasteiger partial charge in [0.05, 0.1) is 10.6 Å². The maximum absolute atomic E-state index is 11.5. The highest BCUT2D eigenvalue weighted by atomic mass is 79.9. The van der Waals surface area contributed by atoms with Crippen molar-refractivity contribution in [2.75, 3.05) is 5.32 Å². The average Bonchev–Trinajstić information content (AvgIpc) is 2.30. The van der Waals surface area contributed by atoms with Crippen molar-refractivity contribution < 1.29 is 9.72 Å². The fraction of sp³-hybridized carbons (Fsp3) is 0.333. The Morgan fingerprint density at radius 1 is 1.50 bits per heavy atom. The van der Waals surface area contributed by atoms with Crippen LogP contribution in [0.1, 0.15) is 20.3 Å². The SMILES string of the molecule is CC(C)CC(=O)NC(=S)Nc1ccc([N+](=O)[O-])cc1Br. The van der Waals surface area contributed by atoms with Crippen molar-refractivity contribution in [3.05, 3.63) is 32.8 Å². The molecule has 1 amide bonds. The minimum atomic E-state index is -0.489. The maximum Gasteiger partial charge on any atom is 0.270 e. The third kappa shape index (κ3) is 5.22. The number of benzene rings is 1. The van der Waals surface area contributed by atoms with Gasteiger partial charge >= 0.3 is 0 Å². The number of amides is 1. The number of non-ortho nitro benzene ring substituents is 1. The fourth-order valence-corrected chi connectivity index (χ4v) is 2.11. The third-order valence-electron chi connectivity index (χ3n) is 2.26. The van der Waals surface area contributed by atoms with Gasteiger partial charge in [0.25, 0.3) is 5.69 Å². The minimum Gasteiger partial charge on any atom is -0.331 e. The molecule has 0 saturated heterocycles. The monoisotopic (exact) mass is 359 g/mol. The number of nitro benzene ring substituents is 1. The van der Waals surface area contributed by atoms with Crippen LogP contribution >= 0.6 is 28.1 Å². The normalized spacial score (nSPS) is 10.2. The summed E-state index contributed by atoms with van der Waals surface area (Å²) in [5, 5.41) is 16.1. The molecule has 0 heterocycles. The molecule has 0 fully saturated rings. The van der Waals surface area contributed by atoms with E-state index in [0.717, 1.165) is 0 Å². The standard InChI is InChI=1S/C12H14BrN3O3S/c1-7(2)5-11(17)15-12(20)14-10-4-3-8(16(18)19)6-9(10)13/h3-4,6-7H,5H2,1-2H3,(H2,14,15,17,20). The lowest BCUT2D eigenvalue weighted by Gasteiger charge is -2.11. The van der Waals surface area contributed by atoms with Gasteiger partial charge < -0.3 is 10.6 Å². The second-order valence-corrected chi connectivity index (χ2v) is 5.78. The molecule has 6 nitrogen and oxygen atoms in total. The van der Waals surface area contributed by atoms with Crippen LogP contribution in [-0.4, -0.2) is 15.9 Å². The summed E-state index contributed by atoms with van der Waals surface area (Å²) in [6.07, 6.45) is 0.378. The first-order valence-electron chi connectivity index (χ1n) is 5.84. The molecule has 0 saturated carbocycles. The molecule has 2 N–H and O–H groups in total. The van der Waals surface area contributed by atoms with Gasteiger partial charge in [0.2, 0.25) is 5.91 Å². The zero-order chi connectivity index (χ0) is 15.3. The van der Waals surface area contributed by atoms with Gasteiger partial charge in [-0.25, -0.2) is 0 Å². The summed E-state index contributed by atoms with van der Waals surface area (Å²) in [4.78, 5) is 21.7. The molecule has 8 heteroatoms. The third-order valence-corrected chi connectivity index (χ3v) is 3.12. The summed E-state index contributed by atoms with van der Waals surface area (Å²) >= 11 is 8.22. The molecular formula is C12H14BrN3O3S. The Morgan fingerprint density at radius 3 is 2.65 bits per heavy atom. The van der Waals surface area contributed by atoms with E-state index in [9.17, 15) is 14.9 Å². The van der Waals surface area contributed by atoms with Crippen molar-refractivity contribution in [2.45, 2.75) is 20.3 Å². The van der Waals surface area contributed by atoms with Gasteiger partial charge in [-0.05, 0) is 40.1 Å². The van der Waals surface area contributed by atoms with E-state index in [-0.39, 0.29) is 22.6 Å². The van der Waals surface area contributed by atoms with Crippen molar-refractivity contribution in [1.29, 1.82) is 0 Å². The summed E-state index contributed by atoms with van der Waals surface area (Å²) in [6, 6.07) is 4.23. The number of halogens is 1. The van der Waals surface area contributed by atoms with Gasteiger partial charge in [0.1, 0.15) is 0 Å². The van der Waals surface area contributed by atoms with Crippen molar-refractivity contribution in [3.63, 3.8) is 0 Å².